The van der Waals surface area contributed by atoms with E-state index in [-0.39, 0.29) is 5.89 Å². The molecule has 0 aliphatic rings. The normalized spacial score (nSPS) is 10.7. The van der Waals surface area contributed by atoms with Crippen LogP contribution in [0.2, 0.25) is 0 Å². The number of halogens is 1. The Morgan fingerprint density at radius 3 is 2.50 bits per heavy atom. The Labute approximate surface area is 134 Å². The van der Waals surface area contributed by atoms with Crippen molar-refractivity contribution in [2.24, 2.45) is 0 Å². The molecule has 0 fully saturated rings. The van der Waals surface area contributed by atoms with Gasteiger partial charge in [0.2, 0.25) is 5.89 Å². The second-order valence-electron chi connectivity index (χ2n) is 4.54. The molecule has 0 atom stereocenters. The molecule has 3 aromatic rings. The molecule has 0 radical (unpaired) electrons. The van der Waals surface area contributed by atoms with Gasteiger partial charge in [-0.1, -0.05) is 22.0 Å². The van der Waals surface area contributed by atoms with Gasteiger partial charge in [-0.2, -0.15) is 0 Å². The highest BCUT2D eigenvalue weighted by Gasteiger charge is 2.13. The van der Waals surface area contributed by atoms with Crippen molar-refractivity contribution in [3.63, 3.8) is 0 Å². The second kappa shape index (κ2) is 5.81. The van der Waals surface area contributed by atoms with Crippen molar-refractivity contribution in [2.45, 2.75) is 0 Å². The van der Waals surface area contributed by atoms with Gasteiger partial charge in [0.25, 0.3) is 0 Å². The van der Waals surface area contributed by atoms with Gasteiger partial charge in [0, 0.05) is 22.2 Å². The van der Waals surface area contributed by atoms with E-state index in [0.717, 1.165) is 4.47 Å². The Morgan fingerprint density at radius 2 is 1.82 bits per heavy atom. The van der Waals surface area contributed by atoms with E-state index in [1.54, 1.807) is 12.1 Å². The lowest BCUT2D eigenvalue weighted by Crippen LogP contribution is -2.04. The van der Waals surface area contributed by atoms with Crippen molar-refractivity contribution >= 4 is 26.8 Å². The quantitative estimate of drug-likeness (QED) is 0.712. The first kappa shape index (κ1) is 14.6. The monoisotopic (exact) mass is 361 g/mol. The van der Waals surface area contributed by atoms with Crippen LogP contribution in [0.25, 0.3) is 22.4 Å². The van der Waals surface area contributed by atoms with Crippen LogP contribution in [-0.2, 0) is 0 Å². The predicted octanol–water partition coefficient (Wildman–Crippen LogP) is 3.63. The summed E-state index contributed by atoms with van der Waals surface area (Å²) in [5.74, 6) is 1.22. The molecule has 0 aliphatic carbocycles. The standard InChI is InChI=1S/C16H12BrNO4/c1-20-13-7-11-12(8-14(13)21-2)18-15(22-16(11)19)9-4-3-5-10(17)6-9/h3-8H,1-2H3. The maximum atomic E-state index is 12.2. The zero-order chi connectivity index (χ0) is 15.7. The van der Waals surface area contributed by atoms with Crippen LogP contribution in [0.3, 0.4) is 0 Å². The number of nitrogens with zero attached hydrogens (tertiary/aromatic N) is 1. The Morgan fingerprint density at radius 1 is 1.09 bits per heavy atom. The largest absolute Gasteiger partial charge is 0.493 e. The van der Waals surface area contributed by atoms with Crippen LogP contribution in [0.15, 0.2) is 50.1 Å². The topological polar surface area (TPSA) is 61.6 Å². The Kier molecular flexibility index (Phi) is 3.85. The zero-order valence-corrected chi connectivity index (χ0v) is 13.5. The van der Waals surface area contributed by atoms with Crippen LogP contribution in [0, 0.1) is 0 Å². The number of hydrogen-bond acceptors (Lipinski definition) is 5. The van der Waals surface area contributed by atoms with E-state index in [0.29, 0.717) is 28.0 Å². The van der Waals surface area contributed by atoms with Gasteiger partial charge in [0.05, 0.1) is 25.1 Å². The molecular weight excluding hydrogens is 350 g/mol. The van der Waals surface area contributed by atoms with Gasteiger partial charge >= 0.3 is 5.63 Å². The van der Waals surface area contributed by atoms with E-state index in [1.165, 1.54) is 14.2 Å². The predicted molar refractivity (Wildman–Crippen MR) is 86.5 cm³/mol. The Balaban J connectivity index is 2.26. The van der Waals surface area contributed by atoms with Gasteiger partial charge in [-0.15, -0.1) is 0 Å². The summed E-state index contributed by atoms with van der Waals surface area (Å²) < 4.78 is 16.6. The lowest BCUT2D eigenvalue weighted by molar-refractivity contribution is 0.355. The van der Waals surface area contributed by atoms with Crippen LogP contribution in [0.1, 0.15) is 0 Å². The van der Waals surface area contributed by atoms with Gasteiger partial charge in [0.15, 0.2) is 11.5 Å². The average Bonchev–Trinajstić information content (AvgIpc) is 2.53. The van der Waals surface area contributed by atoms with E-state index in [4.69, 9.17) is 13.9 Å². The summed E-state index contributed by atoms with van der Waals surface area (Å²) in [7, 11) is 3.04. The van der Waals surface area contributed by atoms with Gasteiger partial charge < -0.3 is 13.9 Å². The lowest BCUT2D eigenvalue weighted by atomic mass is 10.2. The summed E-state index contributed by atoms with van der Waals surface area (Å²) in [6.45, 7) is 0. The van der Waals surface area contributed by atoms with Crippen molar-refractivity contribution in [1.82, 2.24) is 4.98 Å². The third-order valence-electron chi connectivity index (χ3n) is 3.20. The highest BCUT2D eigenvalue weighted by Crippen LogP contribution is 2.31. The van der Waals surface area contributed by atoms with E-state index >= 15 is 0 Å². The Bertz CT molecular complexity index is 904. The number of ether oxygens (including phenoxy) is 2. The zero-order valence-electron chi connectivity index (χ0n) is 11.9. The minimum atomic E-state index is -0.471. The minimum Gasteiger partial charge on any atom is -0.493 e. The maximum Gasteiger partial charge on any atom is 0.347 e. The molecule has 112 valence electrons. The smallest absolute Gasteiger partial charge is 0.347 e. The number of fused-ring (bicyclic) bond motifs is 1. The minimum absolute atomic E-state index is 0.256. The van der Waals surface area contributed by atoms with E-state index < -0.39 is 5.63 Å². The van der Waals surface area contributed by atoms with Crippen molar-refractivity contribution in [3.05, 3.63) is 51.3 Å². The van der Waals surface area contributed by atoms with Crippen molar-refractivity contribution in [1.29, 1.82) is 0 Å². The molecule has 0 amide bonds. The molecule has 1 heterocycles. The van der Waals surface area contributed by atoms with Crippen LogP contribution >= 0.6 is 15.9 Å². The van der Waals surface area contributed by atoms with E-state index in [9.17, 15) is 4.79 Å². The van der Waals surface area contributed by atoms with Crippen molar-refractivity contribution < 1.29 is 13.9 Å². The molecule has 5 nitrogen and oxygen atoms in total. The van der Waals surface area contributed by atoms with Gasteiger partial charge in [0.1, 0.15) is 0 Å². The molecule has 0 N–H and O–H groups in total. The highest BCUT2D eigenvalue weighted by molar-refractivity contribution is 9.10. The number of benzene rings is 2. The Hall–Kier alpha value is -2.34. The molecule has 0 saturated carbocycles. The van der Waals surface area contributed by atoms with Gasteiger partial charge in [-0.05, 0) is 18.2 Å². The molecule has 0 saturated heterocycles. The molecule has 3 rings (SSSR count). The number of methoxy groups -OCH3 is 2. The summed E-state index contributed by atoms with van der Waals surface area (Å²) >= 11 is 3.39. The fourth-order valence-corrected chi connectivity index (χ4v) is 2.54. The molecule has 0 unspecified atom stereocenters. The second-order valence-corrected chi connectivity index (χ2v) is 5.46. The highest BCUT2D eigenvalue weighted by atomic mass is 79.9. The van der Waals surface area contributed by atoms with Crippen LogP contribution in [-0.4, -0.2) is 19.2 Å². The molecule has 1 aromatic heterocycles. The van der Waals surface area contributed by atoms with Crippen LogP contribution in [0.5, 0.6) is 11.5 Å². The maximum absolute atomic E-state index is 12.2. The van der Waals surface area contributed by atoms with Crippen molar-refractivity contribution in [3.8, 4) is 23.0 Å². The number of hydrogen-bond donors (Lipinski definition) is 0. The molecular formula is C16H12BrNO4. The van der Waals surface area contributed by atoms with Gasteiger partial charge in [-0.3, -0.25) is 0 Å². The summed E-state index contributed by atoms with van der Waals surface area (Å²) in [5, 5.41) is 0.344. The average molecular weight is 362 g/mol. The number of rotatable bonds is 3. The van der Waals surface area contributed by atoms with Crippen molar-refractivity contribution in [2.75, 3.05) is 14.2 Å². The molecule has 22 heavy (non-hydrogen) atoms. The molecule has 0 aliphatic heterocycles. The van der Waals surface area contributed by atoms with Crippen LogP contribution < -0.4 is 15.1 Å². The SMILES string of the molecule is COc1cc2nc(-c3cccc(Br)c3)oc(=O)c2cc1OC. The van der Waals surface area contributed by atoms with Crippen LogP contribution in [0.4, 0.5) is 0 Å². The summed E-state index contributed by atoms with van der Waals surface area (Å²) in [4.78, 5) is 16.6. The lowest BCUT2D eigenvalue weighted by Gasteiger charge is -2.08. The summed E-state index contributed by atoms with van der Waals surface area (Å²) in [5.41, 5.74) is 0.730. The first-order valence-electron chi connectivity index (χ1n) is 6.45. The fourth-order valence-electron chi connectivity index (χ4n) is 2.14. The van der Waals surface area contributed by atoms with E-state index in [1.807, 2.05) is 24.3 Å². The van der Waals surface area contributed by atoms with Gasteiger partial charge in [-0.25, -0.2) is 9.78 Å². The van der Waals surface area contributed by atoms with E-state index in [2.05, 4.69) is 20.9 Å². The molecule has 0 bridgehead atoms. The summed E-state index contributed by atoms with van der Waals surface area (Å²) in [6.07, 6.45) is 0. The molecule has 0 spiro atoms. The first-order valence-corrected chi connectivity index (χ1v) is 7.24. The first-order chi connectivity index (χ1) is 10.6. The fraction of sp³-hybridized carbons (Fsp3) is 0.125. The molecule has 6 heteroatoms. The summed E-state index contributed by atoms with van der Waals surface area (Å²) in [6, 6.07) is 10.6. The molecule has 2 aromatic carbocycles. The third-order valence-corrected chi connectivity index (χ3v) is 3.70. The number of aromatic nitrogens is 1. The third kappa shape index (κ3) is 2.57.